The summed E-state index contributed by atoms with van der Waals surface area (Å²) in [6.07, 6.45) is 3.63. The van der Waals surface area contributed by atoms with Crippen molar-refractivity contribution in [2.24, 2.45) is 5.92 Å². The number of ketones is 1. The van der Waals surface area contributed by atoms with E-state index in [4.69, 9.17) is 27.9 Å². The average Bonchev–Trinajstić information content (AvgIpc) is 2.40. The minimum Gasteiger partial charge on any atom is -0.370 e. The van der Waals surface area contributed by atoms with Crippen LogP contribution in [-0.4, -0.2) is 18.5 Å². The topological polar surface area (TPSA) is 26.3 Å². The number of methoxy groups -OCH3 is 1. The highest BCUT2D eigenvalue weighted by Crippen LogP contribution is 2.38. The second-order valence-electron chi connectivity index (χ2n) is 5.35. The molecule has 0 radical (unpaired) electrons. The van der Waals surface area contributed by atoms with Crippen molar-refractivity contribution in [2.75, 3.05) is 7.11 Å². The van der Waals surface area contributed by atoms with Crippen LogP contribution in [0, 0.1) is 5.92 Å². The molecule has 104 valence electrons. The normalized spacial score (nSPS) is 27.3. The molecule has 2 nitrogen and oxygen atoms in total. The summed E-state index contributed by atoms with van der Waals surface area (Å²) in [6.45, 7) is 2.15. The molecule has 0 aromatic heterocycles. The van der Waals surface area contributed by atoms with Gasteiger partial charge in [0.1, 0.15) is 5.60 Å². The number of carbonyl (C=O) groups excluding carboxylic acids is 1. The van der Waals surface area contributed by atoms with Crippen LogP contribution in [0.4, 0.5) is 0 Å². The maximum atomic E-state index is 12.8. The summed E-state index contributed by atoms with van der Waals surface area (Å²) in [5.41, 5.74) is -0.281. The monoisotopic (exact) mass is 300 g/mol. The molecule has 0 heterocycles. The highest BCUT2D eigenvalue weighted by atomic mass is 35.5. The molecular weight excluding hydrogens is 283 g/mol. The average molecular weight is 301 g/mol. The zero-order valence-electron chi connectivity index (χ0n) is 11.2. The minimum atomic E-state index is -0.744. The van der Waals surface area contributed by atoms with Gasteiger partial charge in [0, 0.05) is 17.7 Å². The lowest BCUT2D eigenvalue weighted by Gasteiger charge is -2.37. The fourth-order valence-corrected chi connectivity index (χ4v) is 3.28. The molecule has 4 heteroatoms. The van der Waals surface area contributed by atoms with Crippen molar-refractivity contribution < 1.29 is 9.53 Å². The lowest BCUT2D eigenvalue weighted by atomic mass is 9.75. The van der Waals surface area contributed by atoms with E-state index in [1.807, 2.05) is 0 Å². The van der Waals surface area contributed by atoms with Crippen LogP contribution in [0.2, 0.25) is 10.0 Å². The summed E-state index contributed by atoms with van der Waals surface area (Å²) in [5.74, 6) is 0.435. The van der Waals surface area contributed by atoms with Crippen molar-refractivity contribution in [3.8, 4) is 0 Å². The Morgan fingerprint density at radius 2 is 2.16 bits per heavy atom. The van der Waals surface area contributed by atoms with Crippen LogP contribution in [0.1, 0.15) is 43.0 Å². The molecule has 1 aliphatic rings. The van der Waals surface area contributed by atoms with Crippen LogP contribution in [0.3, 0.4) is 0 Å². The predicted octanol–water partition coefficient (Wildman–Crippen LogP) is 4.77. The standard InChI is InChI=1S/C15H18Cl2O2/c1-10-4-3-7-15(9-10,19-2)14(18)12-8-11(16)5-6-13(12)17/h5-6,8,10H,3-4,7,9H2,1-2H3. The van der Waals surface area contributed by atoms with Gasteiger partial charge in [-0.2, -0.15) is 0 Å². The van der Waals surface area contributed by atoms with Gasteiger partial charge in [-0.25, -0.2) is 0 Å². The molecule has 2 unspecified atom stereocenters. The number of hydrogen-bond donors (Lipinski definition) is 0. The summed E-state index contributed by atoms with van der Waals surface area (Å²) in [7, 11) is 1.61. The lowest BCUT2D eigenvalue weighted by molar-refractivity contribution is -0.0302. The number of halogens is 2. The Morgan fingerprint density at radius 1 is 1.42 bits per heavy atom. The van der Waals surface area contributed by atoms with Gasteiger partial charge in [0.2, 0.25) is 0 Å². The number of carbonyl (C=O) groups is 1. The first kappa shape index (κ1) is 14.8. The van der Waals surface area contributed by atoms with E-state index in [1.165, 1.54) is 0 Å². The van der Waals surface area contributed by atoms with Crippen molar-refractivity contribution >= 4 is 29.0 Å². The van der Waals surface area contributed by atoms with Gasteiger partial charge in [0.15, 0.2) is 5.78 Å². The molecule has 2 atom stereocenters. The fourth-order valence-electron chi connectivity index (χ4n) is 2.90. The van der Waals surface area contributed by atoms with E-state index in [0.29, 0.717) is 21.5 Å². The number of hydrogen-bond acceptors (Lipinski definition) is 2. The van der Waals surface area contributed by atoms with Crippen molar-refractivity contribution in [3.63, 3.8) is 0 Å². The minimum absolute atomic E-state index is 0.0472. The van der Waals surface area contributed by atoms with Crippen molar-refractivity contribution in [1.82, 2.24) is 0 Å². The highest BCUT2D eigenvalue weighted by Gasteiger charge is 2.42. The summed E-state index contributed by atoms with van der Waals surface area (Å²) >= 11 is 12.1. The first-order valence-corrected chi connectivity index (χ1v) is 7.29. The molecule has 0 saturated heterocycles. The molecule has 0 spiro atoms. The second kappa shape index (κ2) is 5.82. The molecule has 0 aliphatic heterocycles. The third-order valence-corrected chi connectivity index (χ3v) is 4.50. The molecule has 0 N–H and O–H groups in total. The van der Waals surface area contributed by atoms with Crippen molar-refractivity contribution in [1.29, 1.82) is 0 Å². The fraction of sp³-hybridized carbons (Fsp3) is 0.533. The Hall–Kier alpha value is -0.570. The van der Waals surface area contributed by atoms with E-state index >= 15 is 0 Å². The first-order valence-electron chi connectivity index (χ1n) is 6.53. The Balaban J connectivity index is 2.37. The third-order valence-electron chi connectivity index (χ3n) is 3.93. The van der Waals surface area contributed by atoms with Crippen LogP contribution in [-0.2, 0) is 4.74 Å². The first-order chi connectivity index (χ1) is 8.98. The molecule has 1 saturated carbocycles. The van der Waals surface area contributed by atoms with E-state index in [1.54, 1.807) is 25.3 Å². The molecule has 1 aromatic rings. The van der Waals surface area contributed by atoms with Crippen LogP contribution >= 0.6 is 23.2 Å². The van der Waals surface area contributed by atoms with E-state index in [0.717, 1.165) is 25.7 Å². The lowest BCUT2D eigenvalue weighted by Crippen LogP contribution is -2.44. The SMILES string of the molecule is COC1(C(=O)c2cc(Cl)ccc2Cl)CCCC(C)C1. The Labute approximate surface area is 124 Å². The van der Waals surface area contributed by atoms with Crippen LogP contribution in [0.15, 0.2) is 18.2 Å². The van der Waals surface area contributed by atoms with E-state index in [-0.39, 0.29) is 5.78 Å². The van der Waals surface area contributed by atoms with Gasteiger partial charge in [0.25, 0.3) is 0 Å². The van der Waals surface area contributed by atoms with Gasteiger partial charge >= 0.3 is 0 Å². The van der Waals surface area contributed by atoms with E-state index in [2.05, 4.69) is 6.92 Å². The van der Waals surface area contributed by atoms with Crippen LogP contribution in [0.5, 0.6) is 0 Å². The Bertz CT molecular complexity index is 487. The molecule has 19 heavy (non-hydrogen) atoms. The maximum Gasteiger partial charge on any atom is 0.196 e. The summed E-state index contributed by atoms with van der Waals surface area (Å²) in [6, 6.07) is 4.97. The Morgan fingerprint density at radius 3 is 2.79 bits per heavy atom. The zero-order valence-corrected chi connectivity index (χ0v) is 12.7. The van der Waals surface area contributed by atoms with Gasteiger partial charge in [-0.3, -0.25) is 4.79 Å². The van der Waals surface area contributed by atoms with Crippen LogP contribution in [0.25, 0.3) is 0 Å². The van der Waals surface area contributed by atoms with Crippen molar-refractivity contribution in [3.05, 3.63) is 33.8 Å². The van der Waals surface area contributed by atoms with E-state index in [9.17, 15) is 4.79 Å². The molecule has 0 amide bonds. The maximum absolute atomic E-state index is 12.8. The number of ether oxygens (including phenoxy) is 1. The quantitative estimate of drug-likeness (QED) is 0.752. The molecule has 2 rings (SSSR count). The summed E-state index contributed by atoms with van der Waals surface area (Å²) in [5, 5.41) is 0.951. The summed E-state index contributed by atoms with van der Waals surface area (Å²) in [4.78, 5) is 12.8. The zero-order chi connectivity index (χ0) is 14.0. The van der Waals surface area contributed by atoms with Gasteiger partial charge in [-0.05, 0) is 43.4 Å². The van der Waals surface area contributed by atoms with Crippen LogP contribution < -0.4 is 0 Å². The predicted molar refractivity (Wildman–Crippen MR) is 78.2 cm³/mol. The highest BCUT2D eigenvalue weighted by molar-refractivity contribution is 6.36. The Kier molecular flexibility index (Phi) is 4.54. The van der Waals surface area contributed by atoms with Gasteiger partial charge in [-0.15, -0.1) is 0 Å². The second-order valence-corrected chi connectivity index (χ2v) is 6.20. The van der Waals surface area contributed by atoms with Gasteiger partial charge in [0.05, 0.1) is 5.02 Å². The molecule has 1 aliphatic carbocycles. The van der Waals surface area contributed by atoms with Gasteiger partial charge in [-0.1, -0.05) is 36.5 Å². The third kappa shape index (κ3) is 2.96. The number of Topliss-reactive ketones (excluding diaryl/α,β-unsaturated/α-hetero) is 1. The van der Waals surface area contributed by atoms with Gasteiger partial charge < -0.3 is 4.74 Å². The smallest absolute Gasteiger partial charge is 0.196 e. The molecular formula is C15H18Cl2O2. The summed E-state index contributed by atoms with van der Waals surface area (Å²) < 4.78 is 5.61. The number of benzene rings is 1. The largest absolute Gasteiger partial charge is 0.370 e. The van der Waals surface area contributed by atoms with Crippen molar-refractivity contribution in [2.45, 2.75) is 38.2 Å². The molecule has 0 bridgehead atoms. The number of rotatable bonds is 3. The molecule has 1 aromatic carbocycles. The van der Waals surface area contributed by atoms with E-state index < -0.39 is 5.60 Å². The molecule has 1 fully saturated rings.